The maximum absolute atomic E-state index is 12.5. The minimum Gasteiger partial charge on any atom is -0.611 e. The van der Waals surface area contributed by atoms with Crippen molar-refractivity contribution in [1.29, 1.82) is 0 Å². The molecule has 1 unspecified atom stereocenters. The fraction of sp³-hybridized carbons (Fsp3) is 0.250. The Hall–Kier alpha value is -2.94. The first-order valence-corrected chi connectivity index (χ1v) is 14.2. The van der Waals surface area contributed by atoms with E-state index in [1.165, 1.54) is 0 Å². The van der Waals surface area contributed by atoms with Gasteiger partial charge < -0.3 is 9.29 Å². The molecule has 0 spiro atoms. The van der Waals surface area contributed by atoms with Crippen LogP contribution in [0.15, 0.2) is 81.1 Å². The number of halogens is 1. The Kier molecular flexibility index (Phi) is 7.55. The Morgan fingerprint density at radius 1 is 1.03 bits per heavy atom. The summed E-state index contributed by atoms with van der Waals surface area (Å²) < 4.78 is 21.6. The number of aromatic nitrogens is 3. The van der Waals surface area contributed by atoms with Crippen LogP contribution in [0.4, 0.5) is 0 Å². The molecule has 0 N–H and O–H groups in total. The highest BCUT2D eigenvalue weighted by molar-refractivity contribution is 9.10. The molecule has 8 heteroatoms. The van der Waals surface area contributed by atoms with Crippen LogP contribution < -0.4 is 4.74 Å². The maximum Gasteiger partial charge on any atom is 0.159 e. The van der Waals surface area contributed by atoms with E-state index in [1.807, 2.05) is 55.5 Å². The van der Waals surface area contributed by atoms with Crippen molar-refractivity contribution < 1.29 is 9.29 Å². The third-order valence-electron chi connectivity index (χ3n) is 6.02. The molecule has 0 aliphatic carbocycles. The summed E-state index contributed by atoms with van der Waals surface area (Å²) in [6, 6.07) is 22.2. The lowest BCUT2D eigenvalue weighted by atomic mass is 10.00. The zero-order valence-corrected chi connectivity index (χ0v) is 22.7. The molecule has 36 heavy (non-hydrogen) atoms. The second-order valence-corrected chi connectivity index (χ2v) is 11.1. The van der Waals surface area contributed by atoms with E-state index < -0.39 is 11.2 Å². The number of rotatable bonds is 8. The molecule has 184 valence electrons. The zero-order chi connectivity index (χ0) is 25.1. The molecule has 3 aromatic carbocycles. The number of benzene rings is 3. The molecule has 1 aliphatic heterocycles. The van der Waals surface area contributed by atoms with Crippen LogP contribution in [-0.2, 0) is 24.1 Å². The van der Waals surface area contributed by atoms with Crippen LogP contribution in [0, 0.1) is 0 Å². The molecule has 0 bridgehead atoms. The summed E-state index contributed by atoms with van der Waals surface area (Å²) in [4.78, 5) is 5.79. The maximum atomic E-state index is 12.5. The average Bonchev–Trinajstić information content (AvgIpc) is 3.22. The van der Waals surface area contributed by atoms with Gasteiger partial charge in [0.25, 0.3) is 0 Å². The van der Waals surface area contributed by atoms with Gasteiger partial charge in [-0.15, -0.1) is 10.2 Å². The van der Waals surface area contributed by atoms with Gasteiger partial charge in [0.15, 0.2) is 10.7 Å². The monoisotopic (exact) mass is 562 g/mol. The van der Waals surface area contributed by atoms with Crippen molar-refractivity contribution >= 4 is 32.8 Å². The molecule has 1 aliphatic rings. The molecule has 0 radical (unpaired) electrons. The highest BCUT2D eigenvalue weighted by Crippen LogP contribution is 2.35. The molecule has 0 amide bonds. The molecule has 0 saturated carbocycles. The second kappa shape index (κ2) is 11.0. The molecular formula is C28H27BrN4O2S. The van der Waals surface area contributed by atoms with E-state index in [0.717, 1.165) is 61.3 Å². The predicted molar refractivity (Wildman–Crippen MR) is 147 cm³/mol. The number of ether oxygens (including phenoxy) is 1. The highest BCUT2D eigenvalue weighted by atomic mass is 79.9. The molecule has 1 aromatic heterocycles. The number of nitrogens with zero attached hydrogens (tertiary/aromatic N) is 4. The molecule has 4 aromatic rings. The number of aliphatic imine (C=N–C) groups is 1. The third-order valence-corrected chi connectivity index (χ3v) is 7.95. The summed E-state index contributed by atoms with van der Waals surface area (Å²) in [7, 11) is 0. The van der Waals surface area contributed by atoms with E-state index >= 15 is 0 Å². The van der Waals surface area contributed by atoms with Gasteiger partial charge in [-0.25, -0.2) is 0 Å². The van der Waals surface area contributed by atoms with E-state index in [0.29, 0.717) is 25.3 Å². The van der Waals surface area contributed by atoms with Gasteiger partial charge in [-0.1, -0.05) is 49.4 Å². The van der Waals surface area contributed by atoms with Crippen molar-refractivity contribution in [3.8, 4) is 11.4 Å². The standard InChI is InChI=1S/C28H27BrN4O2S/c1-3-13-35-25-17-24-22(16-23(25)29)28(20-11-8-12-21(15-20)36(34)4-2)30-18-27-32-31-26(33(24)27)14-19-9-6-5-7-10-19/h5-12,15-17H,3-4,13-14,18H2,1-2H3. The fourth-order valence-corrected chi connectivity index (χ4v) is 5.58. The summed E-state index contributed by atoms with van der Waals surface area (Å²) in [5.74, 6) is 2.95. The number of fused-ring (bicyclic) bond motifs is 3. The topological polar surface area (TPSA) is 75.4 Å². The zero-order valence-electron chi connectivity index (χ0n) is 20.3. The van der Waals surface area contributed by atoms with Crippen LogP contribution in [0.1, 0.15) is 48.6 Å². The first-order valence-electron chi connectivity index (χ1n) is 12.1. The molecule has 0 saturated heterocycles. The van der Waals surface area contributed by atoms with Crippen molar-refractivity contribution in [2.24, 2.45) is 4.99 Å². The van der Waals surface area contributed by atoms with Crippen molar-refractivity contribution in [3.63, 3.8) is 0 Å². The van der Waals surface area contributed by atoms with Gasteiger partial charge in [-0.3, -0.25) is 9.56 Å². The minimum absolute atomic E-state index is 0.385. The van der Waals surface area contributed by atoms with Crippen molar-refractivity contribution in [2.45, 2.75) is 38.1 Å². The van der Waals surface area contributed by atoms with Crippen LogP contribution in [-0.4, -0.2) is 37.4 Å². The third kappa shape index (κ3) is 4.98. The predicted octanol–water partition coefficient (Wildman–Crippen LogP) is 5.89. The first kappa shape index (κ1) is 24.7. The lowest BCUT2D eigenvalue weighted by Gasteiger charge is -2.17. The Labute approximate surface area is 222 Å². The quantitative estimate of drug-likeness (QED) is 0.251. The van der Waals surface area contributed by atoms with E-state index in [9.17, 15) is 4.55 Å². The van der Waals surface area contributed by atoms with Crippen LogP contribution in [0.25, 0.3) is 5.69 Å². The van der Waals surface area contributed by atoms with Gasteiger partial charge in [-0.05, 0) is 58.1 Å². The number of hydrogen-bond donors (Lipinski definition) is 0. The smallest absolute Gasteiger partial charge is 0.159 e. The van der Waals surface area contributed by atoms with E-state index in [4.69, 9.17) is 9.73 Å². The normalized spacial score (nSPS) is 13.4. The van der Waals surface area contributed by atoms with Gasteiger partial charge in [-0.2, -0.15) is 0 Å². The van der Waals surface area contributed by atoms with Crippen LogP contribution in [0.5, 0.6) is 5.75 Å². The van der Waals surface area contributed by atoms with E-state index in [2.05, 4.69) is 55.8 Å². The Bertz CT molecular complexity index is 1400. The molecule has 6 nitrogen and oxygen atoms in total. The Balaban J connectivity index is 1.67. The Morgan fingerprint density at radius 2 is 1.86 bits per heavy atom. The summed E-state index contributed by atoms with van der Waals surface area (Å²) in [5.41, 5.74) is 4.78. The Morgan fingerprint density at radius 3 is 2.64 bits per heavy atom. The van der Waals surface area contributed by atoms with Crippen LogP contribution in [0.2, 0.25) is 0 Å². The molecule has 2 heterocycles. The lowest BCUT2D eigenvalue weighted by molar-refractivity contribution is 0.315. The molecule has 1 atom stereocenters. The largest absolute Gasteiger partial charge is 0.611 e. The van der Waals surface area contributed by atoms with Gasteiger partial charge in [0, 0.05) is 29.7 Å². The molecular weight excluding hydrogens is 536 g/mol. The van der Waals surface area contributed by atoms with E-state index in [-0.39, 0.29) is 0 Å². The van der Waals surface area contributed by atoms with Crippen molar-refractivity contribution in [2.75, 3.05) is 12.4 Å². The van der Waals surface area contributed by atoms with Gasteiger partial charge in [0.2, 0.25) is 0 Å². The lowest BCUT2D eigenvalue weighted by Crippen LogP contribution is -2.12. The summed E-state index contributed by atoms with van der Waals surface area (Å²) >= 11 is 2.66. The fourth-order valence-electron chi connectivity index (χ4n) is 4.30. The van der Waals surface area contributed by atoms with Crippen molar-refractivity contribution in [1.82, 2.24) is 14.8 Å². The first-order chi connectivity index (χ1) is 17.6. The van der Waals surface area contributed by atoms with Crippen LogP contribution in [0.3, 0.4) is 0 Å². The summed E-state index contributed by atoms with van der Waals surface area (Å²) in [6.07, 6.45) is 1.56. The average molecular weight is 564 g/mol. The van der Waals surface area contributed by atoms with E-state index in [1.54, 1.807) is 0 Å². The van der Waals surface area contributed by atoms with Gasteiger partial charge >= 0.3 is 0 Å². The number of hydrogen-bond acceptors (Lipinski definition) is 5. The van der Waals surface area contributed by atoms with Gasteiger partial charge in [0.1, 0.15) is 23.9 Å². The second-order valence-electron chi connectivity index (χ2n) is 8.51. The minimum atomic E-state index is -1.05. The SMILES string of the molecule is CCCOc1cc2c(cc1Br)C(c1cccc([S+]([O-])CC)c1)=NCc1nnc(Cc3ccccc3)n1-2. The van der Waals surface area contributed by atoms with Crippen LogP contribution >= 0.6 is 15.9 Å². The highest BCUT2D eigenvalue weighted by Gasteiger charge is 2.25. The summed E-state index contributed by atoms with van der Waals surface area (Å²) in [6.45, 7) is 5.02. The molecule has 0 fully saturated rings. The summed E-state index contributed by atoms with van der Waals surface area (Å²) in [5, 5.41) is 9.06. The van der Waals surface area contributed by atoms with Crippen molar-refractivity contribution in [3.05, 3.63) is 99.5 Å². The van der Waals surface area contributed by atoms with Gasteiger partial charge in [0.05, 0.1) is 22.5 Å². The molecule has 5 rings (SSSR count).